The molecule has 3 heterocycles. The molecule has 0 aromatic rings. The van der Waals surface area contributed by atoms with Crippen molar-refractivity contribution in [1.29, 1.82) is 0 Å². The van der Waals surface area contributed by atoms with Crippen LogP contribution in [0.15, 0.2) is 72.2 Å². The van der Waals surface area contributed by atoms with Gasteiger partial charge in [-0.3, -0.25) is 0 Å². The summed E-state index contributed by atoms with van der Waals surface area (Å²) in [6.07, 6.45) is 42.2. The van der Waals surface area contributed by atoms with Crippen molar-refractivity contribution in [2.45, 2.75) is 89.9 Å². The molecule has 4 bridgehead atoms. The quantitative estimate of drug-likeness (QED) is 0.480. The summed E-state index contributed by atoms with van der Waals surface area (Å²) in [6.45, 7) is 4.98. The lowest BCUT2D eigenvalue weighted by atomic mass is 10.1. The minimum absolute atomic E-state index is 1.17. The van der Waals surface area contributed by atoms with Gasteiger partial charge in [0.15, 0.2) is 0 Å². The molecule has 2 unspecified atom stereocenters. The van der Waals surface area contributed by atoms with E-state index in [1.165, 1.54) is 122 Å². The third-order valence-electron chi connectivity index (χ3n) is 7.02. The highest BCUT2D eigenvalue weighted by atomic mass is 15.1. The molecular weight excluding hydrogens is 388 g/mol. The molecule has 2 heteroatoms. The molecule has 0 radical (unpaired) electrons. The van der Waals surface area contributed by atoms with Crippen molar-refractivity contribution in [2.24, 2.45) is 0 Å². The Balaban J connectivity index is 1.42. The van der Waals surface area contributed by atoms with E-state index in [0.29, 0.717) is 0 Å². The van der Waals surface area contributed by atoms with Crippen LogP contribution in [-0.2, 0) is 0 Å². The third kappa shape index (κ3) is 10.8. The molecule has 3 aliphatic heterocycles. The molecule has 0 amide bonds. The van der Waals surface area contributed by atoms with E-state index in [0.717, 1.165) is 0 Å². The van der Waals surface area contributed by atoms with Crippen molar-refractivity contribution in [3.05, 3.63) is 72.2 Å². The van der Waals surface area contributed by atoms with E-state index in [2.05, 4.69) is 61.0 Å². The van der Waals surface area contributed by atoms with Crippen molar-refractivity contribution in [3.8, 4) is 0 Å². The Hall–Kier alpha value is -1.64. The Labute approximate surface area is 198 Å². The molecule has 0 saturated heterocycles. The second kappa shape index (κ2) is 16.0. The van der Waals surface area contributed by atoms with E-state index in [4.69, 9.17) is 0 Å². The molecule has 0 aromatic heterocycles. The number of rotatable bonds is 0. The zero-order valence-corrected chi connectivity index (χ0v) is 20.5. The van der Waals surface area contributed by atoms with Crippen molar-refractivity contribution in [3.63, 3.8) is 0 Å². The molecule has 176 valence electrons. The molecule has 3 rings (SSSR count). The third-order valence-corrected chi connectivity index (χ3v) is 7.02. The number of fused-ring (bicyclic) bond motifs is 3. The van der Waals surface area contributed by atoms with Crippen LogP contribution in [-0.4, -0.2) is 26.2 Å². The monoisotopic (exact) mass is 436 g/mol. The van der Waals surface area contributed by atoms with Crippen molar-refractivity contribution >= 4 is 0 Å². The van der Waals surface area contributed by atoms with Gasteiger partial charge in [-0.1, -0.05) is 49.3 Å². The number of nitrogens with one attached hydrogen (secondary N) is 2. The zero-order valence-electron chi connectivity index (χ0n) is 20.5. The van der Waals surface area contributed by atoms with Crippen LogP contribution in [0.2, 0.25) is 0 Å². The first-order valence-corrected chi connectivity index (χ1v) is 13.6. The van der Waals surface area contributed by atoms with Gasteiger partial charge in [0, 0.05) is 5.57 Å². The van der Waals surface area contributed by atoms with Crippen LogP contribution in [0.1, 0.15) is 89.9 Å². The zero-order chi connectivity index (χ0) is 22.1. The molecule has 0 aromatic carbocycles. The summed E-state index contributed by atoms with van der Waals surface area (Å²) in [5, 5.41) is 0. The highest BCUT2D eigenvalue weighted by molar-refractivity contribution is 5.18. The van der Waals surface area contributed by atoms with E-state index < -0.39 is 0 Å². The van der Waals surface area contributed by atoms with Gasteiger partial charge in [0.2, 0.25) is 0 Å². The summed E-state index contributed by atoms with van der Waals surface area (Å²) in [4.78, 5) is 3.30. The molecule has 2 N–H and O–H groups in total. The van der Waals surface area contributed by atoms with Crippen LogP contribution >= 0.6 is 0 Å². The maximum Gasteiger partial charge on any atom is 0.103 e. The summed E-state index contributed by atoms with van der Waals surface area (Å²) in [6, 6.07) is 0. The van der Waals surface area contributed by atoms with Crippen molar-refractivity contribution in [1.82, 2.24) is 0 Å². The molecule has 2 atom stereocenters. The van der Waals surface area contributed by atoms with Crippen molar-refractivity contribution in [2.75, 3.05) is 26.2 Å². The van der Waals surface area contributed by atoms with Crippen LogP contribution in [0.5, 0.6) is 0 Å². The van der Waals surface area contributed by atoms with Crippen LogP contribution in [0.25, 0.3) is 0 Å². The fraction of sp³-hybridized carbons (Fsp3) is 0.600. The number of hydrogen-bond donors (Lipinski definition) is 2. The van der Waals surface area contributed by atoms with E-state index in [9.17, 15) is 0 Å². The van der Waals surface area contributed by atoms with Gasteiger partial charge in [0.05, 0.1) is 25.5 Å². The van der Waals surface area contributed by atoms with Gasteiger partial charge in [-0.25, -0.2) is 0 Å². The Kier molecular flexibility index (Phi) is 12.5. The first-order valence-electron chi connectivity index (χ1n) is 13.6. The van der Waals surface area contributed by atoms with E-state index in [1.807, 2.05) is 0 Å². The molecule has 3 aliphatic rings. The highest BCUT2D eigenvalue weighted by Crippen LogP contribution is 2.11. The number of hydrogen-bond acceptors (Lipinski definition) is 0. The maximum absolute atomic E-state index is 2.50. The second-order valence-electron chi connectivity index (χ2n) is 9.93. The van der Waals surface area contributed by atoms with Crippen LogP contribution in [0.3, 0.4) is 0 Å². The van der Waals surface area contributed by atoms with Gasteiger partial charge in [0.1, 0.15) is 13.1 Å². The van der Waals surface area contributed by atoms with Gasteiger partial charge < -0.3 is 9.80 Å². The molecular formula is C30H48N2+2. The van der Waals surface area contributed by atoms with E-state index >= 15 is 0 Å². The summed E-state index contributed by atoms with van der Waals surface area (Å²) in [7, 11) is 0. The smallest absolute Gasteiger partial charge is 0.103 e. The molecule has 32 heavy (non-hydrogen) atoms. The highest BCUT2D eigenvalue weighted by Gasteiger charge is 2.11. The normalized spacial score (nSPS) is 27.5. The Morgan fingerprint density at radius 3 is 2.03 bits per heavy atom. The first-order chi connectivity index (χ1) is 15.9. The van der Waals surface area contributed by atoms with E-state index in [-0.39, 0.29) is 0 Å². The lowest BCUT2D eigenvalue weighted by Crippen LogP contribution is -3.08. The average molecular weight is 437 g/mol. The van der Waals surface area contributed by atoms with Gasteiger partial charge in [0.25, 0.3) is 0 Å². The minimum Gasteiger partial charge on any atom is -0.305 e. The lowest BCUT2D eigenvalue weighted by Gasteiger charge is -2.19. The van der Waals surface area contributed by atoms with Gasteiger partial charge in [-0.05, 0) is 94.8 Å². The average Bonchev–Trinajstić information content (AvgIpc) is 2.81. The van der Waals surface area contributed by atoms with Crippen LogP contribution in [0, 0.1) is 0 Å². The Morgan fingerprint density at radius 1 is 0.594 bits per heavy atom. The molecule has 0 aliphatic carbocycles. The van der Waals surface area contributed by atoms with Gasteiger partial charge in [-0.2, -0.15) is 0 Å². The molecule has 2 nitrogen and oxygen atoms in total. The fourth-order valence-corrected chi connectivity index (χ4v) is 5.06. The SMILES string of the molecule is C1=C[NH+]2CCCCCCC=CCCC3=C[NH+](CC=C3)CCCCCCC=CCCC(=C1)C2. The lowest BCUT2D eigenvalue weighted by molar-refractivity contribution is -0.842. The first kappa shape index (κ1) is 25.0. The number of allylic oxidation sites excluding steroid dienone is 8. The molecule has 0 saturated carbocycles. The fourth-order valence-electron chi connectivity index (χ4n) is 5.06. The molecule has 0 fully saturated rings. The predicted molar refractivity (Wildman–Crippen MR) is 139 cm³/mol. The topological polar surface area (TPSA) is 8.88 Å². The van der Waals surface area contributed by atoms with Gasteiger partial charge >= 0.3 is 0 Å². The summed E-state index contributed by atoms with van der Waals surface area (Å²) < 4.78 is 0. The predicted octanol–water partition coefficient (Wildman–Crippen LogP) is 5.25. The maximum atomic E-state index is 2.50. The van der Waals surface area contributed by atoms with Crippen LogP contribution < -0.4 is 9.80 Å². The summed E-state index contributed by atoms with van der Waals surface area (Å²) in [5.74, 6) is 0. The standard InChI is InChI=1S/C30H46N2/c1-3-7-11-15-23-31-25-18-22-30(28-31)20-14-10-6-2-4-8-12-16-24-32-26-17-21-29(27-32)19-13-9-5-1/h5-6,9-10,17-18,21-22,25,27H,1-4,7-8,11-16,19-20,23-24,26,28H2/p+2. The van der Waals surface area contributed by atoms with E-state index in [1.54, 1.807) is 15.4 Å². The summed E-state index contributed by atoms with van der Waals surface area (Å²) >= 11 is 0. The Bertz CT molecular complexity index is 692. The molecule has 0 spiro atoms. The Morgan fingerprint density at radius 2 is 1.25 bits per heavy atom. The van der Waals surface area contributed by atoms with Gasteiger partial charge in [-0.15, -0.1) is 0 Å². The second-order valence-corrected chi connectivity index (χ2v) is 9.93. The van der Waals surface area contributed by atoms with Crippen molar-refractivity contribution < 1.29 is 9.80 Å². The minimum atomic E-state index is 1.17. The number of quaternary nitrogens is 2. The summed E-state index contributed by atoms with van der Waals surface area (Å²) in [5.41, 5.74) is 3.17. The van der Waals surface area contributed by atoms with Crippen LogP contribution in [0.4, 0.5) is 0 Å². The largest absolute Gasteiger partial charge is 0.305 e.